The number of hydrogen-bond acceptors (Lipinski definition) is 2. The average molecular weight is 313 g/mol. The van der Waals surface area contributed by atoms with E-state index in [1.54, 1.807) is 0 Å². The molecule has 4 heteroatoms. The van der Waals surface area contributed by atoms with Gasteiger partial charge in [0.15, 0.2) is 0 Å². The van der Waals surface area contributed by atoms with E-state index in [1.807, 2.05) is 4.68 Å². The molecule has 2 rings (SSSR count). The van der Waals surface area contributed by atoms with Gasteiger partial charge in [-0.1, -0.05) is 19.8 Å². The zero-order valence-electron chi connectivity index (χ0n) is 11.2. The van der Waals surface area contributed by atoms with Gasteiger partial charge in [-0.15, -0.1) is 0 Å². The summed E-state index contributed by atoms with van der Waals surface area (Å²) < 4.78 is 3.01. The molecule has 1 fully saturated rings. The van der Waals surface area contributed by atoms with Crippen LogP contribution in [0, 0.1) is 5.92 Å². The van der Waals surface area contributed by atoms with E-state index in [0.717, 1.165) is 41.7 Å². The van der Waals surface area contributed by atoms with Gasteiger partial charge in [0.25, 0.3) is 0 Å². The van der Waals surface area contributed by atoms with Gasteiger partial charge in [-0.2, -0.15) is 5.10 Å². The minimum absolute atomic E-state index is 0.294. The van der Waals surface area contributed by atoms with Crippen LogP contribution < -0.4 is 0 Å². The van der Waals surface area contributed by atoms with Crippen LogP contribution in [-0.2, 0) is 24.2 Å². The SMILES string of the molecule is CCc1nn(CC)c(CC(=O)C2CCCC2)c1Br. The Morgan fingerprint density at radius 3 is 2.61 bits per heavy atom. The molecule has 1 aliphatic rings. The summed E-state index contributed by atoms with van der Waals surface area (Å²) in [6.45, 7) is 4.99. The molecular weight excluding hydrogens is 292 g/mol. The van der Waals surface area contributed by atoms with Crippen molar-refractivity contribution in [2.24, 2.45) is 5.92 Å². The lowest BCUT2D eigenvalue weighted by molar-refractivity contribution is -0.122. The minimum Gasteiger partial charge on any atom is -0.299 e. The van der Waals surface area contributed by atoms with Gasteiger partial charge in [0.2, 0.25) is 0 Å². The van der Waals surface area contributed by atoms with Crippen LogP contribution in [0.3, 0.4) is 0 Å². The first kappa shape index (κ1) is 13.8. The number of rotatable bonds is 5. The van der Waals surface area contributed by atoms with Gasteiger partial charge in [0.05, 0.1) is 15.9 Å². The molecule has 100 valence electrons. The van der Waals surface area contributed by atoms with Gasteiger partial charge < -0.3 is 0 Å². The molecule has 0 radical (unpaired) electrons. The number of ketones is 1. The molecule has 0 bridgehead atoms. The number of aryl methyl sites for hydroxylation is 2. The van der Waals surface area contributed by atoms with Gasteiger partial charge in [0, 0.05) is 18.9 Å². The quantitative estimate of drug-likeness (QED) is 0.833. The number of nitrogens with zero attached hydrogens (tertiary/aromatic N) is 2. The fraction of sp³-hybridized carbons (Fsp3) is 0.714. The van der Waals surface area contributed by atoms with Gasteiger partial charge in [-0.25, -0.2) is 0 Å². The Morgan fingerprint density at radius 2 is 2.06 bits per heavy atom. The molecule has 0 unspecified atom stereocenters. The summed E-state index contributed by atoms with van der Waals surface area (Å²) in [5.41, 5.74) is 2.12. The van der Waals surface area contributed by atoms with Crippen LogP contribution in [0.1, 0.15) is 50.9 Å². The van der Waals surface area contributed by atoms with Crippen molar-refractivity contribution in [1.82, 2.24) is 9.78 Å². The fourth-order valence-corrected chi connectivity index (χ4v) is 3.45. The summed E-state index contributed by atoms with van der Waals surface area (Å²) in [4.78, 5) is 12.3. The lowest BCUT2D eigenvalue weighted by Gasteiger charge is -2.09. The van der Waals surface area contributed by atoms with Gasteiger partial charge in [-0.3, -0.25) is 9.48 Å². The van der Waals surface area contributed by atoms with Crippen molar-refractivity contribution in [3.05, 3.63) is 15.9 Å². The van der Waals surface area contributed by atoms with Gasteiger partial charge >= 0.3 is 0 Å². The van der Waals surface area contributed by atoms with Crippen LogP contribution in [0.4, 0.5) is 0 Å². The second-order valence-electron chi connectivity index (χ2n) is 5.00. The molecule has 0 saturated heterocycles. The smallest absolute Gasteiger partial charge is 0.141 e. The van der Waals surface area contributed by atoms with Gasteiger partial charge in [0.1, 0.15) is 5.78 Å². The van der Waals surface area contributed by atoms with Crippen molar-refractivity contribution in [2.45, 2.75) is 58.9 Å². The molecule has 1 heterocycles. The van der Waals surface area contributed by atoms with Crippen molar-refractivity contribution in [2.75, 3.05) is 0 Å². The van der Waals surface area contributed by atoms with Crippen molar-refractivity contribution in [3.8, 4) is 0 Å². The Morgan fingerprint density at radius 1 is 1.39 bits per heavy atom. The van der Waals surface area contributed by atoms with E-state index >= 15 is 0 Å². The Kier molecular flexibility index (Phi) is 4.60. The molecule has 0 spiro atoms. The van der Waals surface area contributed by atoms with Crippen molar-refractivity contribution in [3.63, 3.8) is 0 Å². The molecule has 0 atom stereocenters. The summed E-state index contributed by atoms with van der Waals surface area (Å²) in [5.74, 6) is 0.688. The van der Waals surface area contributed by atoms with Gasteiger partial charge in [-0.05, 0) is 42.1 Å². The molecule has 0 N–H and O–H groups in total. The fourth-order valence-electron chi connectivity index (χ4n) is 2.74. The highest BCUT2D eigenvalue weighted by Gasteiger charge is 2.25. The summed E-state index contributed by atoms with van der Waals surface area (Å²) in [5, 5.41) is 4.54. The van der Waals surface area contributed by atoms with E-state index in [4.69, 9.17) is 0 Å². The maximum absolute atomic E-state index is 12.3. The Balaban J connectivity index is 2.16. The number of Topliss-reactive ketones (excluding diaryl/α,β-unsaturated/α-hetero) is 1. The van der Waals surface area contributed by atoms with E-state index < -0.39 is 0 Å². The summed E-state index contributed by atoms with van der Waals surface area (Å²) in [6.07, 6.45) is 6.02. The van der Waals surface area contributed by atoms with Crippen LogP contribution in [0.15, 0.2) is 4.47 Å². The maximum Gasteiger partial charge on any atom is 0.141 e. The number of carbonyl (C=O) groups excluding carboxylic acids is 1. The van der Waals surface area contributed by atoms with E-state index in [9.17, 15) is 4.79 Å². The molecule has 1 saturated carbocycles. The van der Waals surface area contributed by atoms with Crippen LogP contribution in [0.5, 0.6) is 0 Å². The number of halogens is 1. The number of hydrogen-bond donors (Lipinski definition) is 0. The molecule has 1 aliphatic carbocycles. The normalized spacial score (nSPS) is 16.4. The zero-order chi connectivity index (χ0) is 13.1. The van der Waals surface area contributed by atoms with Crippen molar-refractivity contribution in [1.29, 1.82) is 0 Å². The lowest BCUT2D eigenvalue weighted by atomic mass is 9.99. The van der Waals surface area contributed by atoms with Crippen molar-refractivity contribution >= 4 is 21.7 Å². The standard InChI is InChI=1S/C14H21BrN2O/c1-3-11-14(15)12(17(4-2)16-11)9-13(18)10-7-5-6-8-10/h10H,3-9H2,1-2H3. The van der Waals surface area contributed by atoms with Crippen LogP contribution >= 0.6 is 15.9 Å². The average Bonchev–Trinajstić information content (AvgIpc) is 2.99. The predicted octanol–water partition coefficient (Wildman–Crippen LogP) is 3.53. The summed E-state index contributed by atoms with van der Waals surface area (Å²) in [7, 11) is 0. The molecule has 0 aliphatic heterocycles. The summed E-state index contributed by atoms with van der Waals surface area (Å²) in [6, 6.07) is 0. The maximum atomic E-state index is 12.3. The number of carbonyl (C=O) groups is 1. The monoisotopic (exact) mass is 312 g/mol. The second-order valence-corrected chi connectivity index (χ2v) is 5.79. The largest absolute Gasteiger partial charge is 0.299 e. The highest BCUT2D eigenvalue weighted by atomic mass is 79.9. The molecule has 3 nitrogen and oxygen atoms in total. The van der Waals surface area contributed by atoms with E-state index in [-0.39, 0.29) is 0 Å². The first-order valence-electron chi connectivity index (χ1n) is 6.94. The Bertz CT molecular complexity index is 433. The number of aromatic nitrogens is 2. The molecule has 18 heavy (non-hydrogen) atoms. The third-order valence-electron chi connectivity index (χ3n) is 3.85. The van der Waals surface area contributed by atoms with Crippen LogP contribution in [0.2, 0.25) is 0 Å². The molecule has 1 aromatic rings. The molecule has 1 aromatic heterocycles. The predicted molar refractivity (Wildman–Crippen MR) is 75.6 cm³/mol. The third-order valence-corrected chi connectivity index (χ3v) is 4.76. The van der Waals surface area contributed by atoms with Crippen LogP contribution in [0.25, 0.3) is 0 Å². The van der Waals surface area contributed by atoms with Crippen molar-refractivity contribution < 1.29 is 4.79 Å². The summed E-state index contributed by atoms with van der Waals surface area (Å²) >= 11 is 3.60. The minimum atomic E-state index is 0.294. The second kappa shape index (κ2) is 6.00. The molecule has 0 amide bonds. The van der Waals surface area contributed by atoms with E-state index in [1.165, 1.54) is 12.8 Å². The zero-order valence-corrected chi connectivity index (χ0v) is 12.8. The Labute approximate surface area is 117 Å². The highest BCUT2D eigenvalue weighted by Crippen LogP contribution is 2.29. The highest BCUT2D eigenvalue weighted by molar-refractivity contribution is 9.10. The lowest BCUT2D eigenvalue weighted by Crippen LogP contribution is -2.16. The van der Waals surface area contributed by atoms with E-state index in [0.29, 0.717) is 18.1 Å². The van der Waals surface area contributed by atoms with E-state index in [2.05, 4.69) is 34.9 Å². The first-order valence-corrected chi connectivity index (χ1v) is 7.73. The molecular formula is C14H21BrN2O. The first-order chi connectivity index (χ1) is 8.67. The third kappa shape index (κ3) is 2.68. The topological polar surface area (TPSA) is 34.9 Å². The molecule has 0 aromatic carbocycles. The van der Waals surface area contributed by atoms with Crippen LogP contribution in [-0.4, -0.2) is 15.6 Å². The Hall–Kier alpha value is -0.640.